The predicted molar refractivity (Wildman–Crippen MR) is 78.7 cm³/mol. The second-order valence-electron chi connectivity index (χ2n) is 5.05. The summed E-state index contributed by atoms with van der Waals surface area (Å²) in [5.41, 5.74) is 4.82. The zero-order valence-corrected chi connectivity index (χ0v) is 12.9. The van der Waals surface area contributed by atoms with Gasteiger partial charge in [-0.25, -0.2) is 8.42 Å². The van der Waals surface area contributed by atoms with Gasteiger partial charge < -0.3 is 10.8 Å². The Kier molecular flexibility index (Phi) is 5.12. The lowest BCUT2D eigenvalue weighted by Crippen LogP contribution is -2.52. The molecule has 0 aliphatic rings. The number of aryl methyl sites for hydroxylation is 1. The average Bonchev–Trinajstić information content (AvgIpc) is 2.34. The molecule has 0 heterocycles. The molecule has 7 heteroatoms. The van der Waals surface area contributed by atoms with Gasteiger partial charge >= 0.3 is 0 Å². The van der Waals surface area contributed by atoms with Gasteiger partial charge in [-0.3, -0.25) is 4.79 Å². The van der Waals surface area contributed by atoms with Crippen LogP contribution < -0.4 is 10.5 Å². The number of nitrogens with two attached hydrogens (primary N) is 1. The number of hydrogen-bond acceptors (Lipinski definition) is 4. The Hall–Kier alpha value is -1.88. The number of rotatable bonds is 4. The Morgan fingerprint density at radius 1 is 1.43 bits per heavy atom. The van der Waals surface area contributed by atoms with Gasteiger partial charge in [-0.1, -0.05) is 17.9 Å². The van der Waals surface area contributed by atoms with Gasteiger partial charge in [-0.05, 0) is 38.5 Å². The molecular formula is C14H18N2O4S. The van der Waals surface area contributed by atoms with Crippen LogP contribution in [0.25, 0.3) is 0 Å². The van der Waals surface area contributed by atoms with E-state index in [9.17, 15) is 13.2 Å². The van der Waals surface area contributed by atoms with E-state index < -0.39 is 21.5 Å². The number of carbonyl (C=O) groups is 1. The van der Waals surface area contributed by atoms with Crippen LogP contribution in [0.3, 0.4) is 0 Å². The molecule has 0 spiro atoms. The molecule has 0 saturated carbocycles. The molecule has 0 aliphatic heterocycles. The smallest absolute Gasteiger partial charge is 0.242 e. The molecule has 1 amide bonds. The van der Waals surface area contributed by atoms with Crippen molar-refractivity contribution in [3.05, 3.63) is 29.3 Å². The van der Waals surface area contributed by atoms with Crippen LogP contribution in [0.4, 0.5) is 0 Å². The number of sulfonamides is 1. The number of carbonyl (C=O) groups excluding carboxylic acids is 1. The van der Waals surface area contributed by atoms with E-state index in [4.69, 9.17) is 10.8 Å². The van der Waals surface area contributed by atoms with Crippen LogP contribution >= 0.6 is 0 Å². The SMILES string of the molecule is Cc1ccc(S(=O)(=O)NC(C)(C)C(N)=O)c(C#CCO)c1. The highest BCUT2D eigenvalue weighted by Crippen LogP contribution is 2.18. The van der Waals surface area contributed by atoms with Crippen LogP contribution in [-0.4, -0.2) is 31.6 Å². The average molecular weight is 310 g/mol. The highest BCUT2D eigenvalue weighted by atomic mass is 32.2. The molecule has 0 unspecified atom stereocenters. The molecule has 0 aliphatic carbocycles. The third-order valence-corrected chi connectivity index (χ3v) is 4.45. The van der Waals surface area contributed by atoms with Crippen LogP contribution in [0.15, 0.2) is 23.1 Å². The standard InChI is InChI=1S/C14H18N2O4S/c1-10-6-7-12(11(9-10)5-4-8-17)21(19,20)16-14(2,3)13(15)18/h6-7,9,16-17H,8H2,1-3H3,(H2,15,18). The van der Waals surface area contributed by atoms with E-state index >= 15 is 0 Å². The van der Waals surface area contributed by atoms with Crippen LogP contribution in [0.2, 0.25) is 0 Å². The number of aliphatic hydroxyl groups is 1. The summed E-state index contributed by atoms with van der Waals surface area (Å²) in [4.78, 5) is 11.2. The Morgan fingerprint density at radius 3 is 2.57 bits per heavy atom. The van der Waals surface area contributed by atoms with Crippen LogP contribution in [0, 0.1) is 18.8 Å². The fourth-order valence-electron chi connectivity index (χ4n) is 1.55. The molecular weight excluding hydrogens is 292 g/mol. The number of aliphatic hydroxyl groups excluding tert-OH is 1. The van der Waals surface area contributed by atoms with Crippen molar-refractivity contribution in [3.63, 3.8) is 0 Å². The van der Waals surface area contributed by atoms with Crippen molar-refractivity contribution in [3.8, 4) is 11.8 Å². The highest BCUT2D eigenvalue weighted by Gasteiger charge is 2.32. The number of primary amides is 1. The third-order valence-electron chi connectivity index (χ3n) is 2.73. The molecule has 21 heavy (non-hydrogen) atoms. The highest BCUT2D eigenvalue weighted by molar-refractivity contribution is 7.89. The first-order chi connectivity index (χ1) is 9.60. The maximum absolute atomic E-state index is 12.4. The topological polar surface area (TPSA) is 109 Å². The molecule has 1 aromatic carbocycles. The van der Waals surface area contributed by atoms with Crippen molar-refractivity contribution < 1.29 is 18.3 Å². The van der Waals surface area contributed by atoms with Crippen LogP contribution in [0.5, 0.6) is 0 Å². The zero-order valence-electron chi connectivity index (χ0n) is 12.1. The molecule has 0 atom stereocenters. The van der Waals surface area contributed by atoms with E-state index in [1.807, 2.05) is 0 Å². The second-order valence-corrected chi connectivity index (χ2v) is 6.71. The van der Waals surface area contributed by atoms with Gasteiger partial charge in [0.1, 0.15) is 12.1 Å². The Labute approximate surface area is 124 Å². The summed E-state index contributed by atoms with van der Waals surface area (Å²) in [7, 11) is -3.98. The molecule has 0 bridgehead atoms. The minimum atomic E-state index is -3.98. The van der Waals surface area contributed by atoms with E-state index in [1.54, 1.807) is 19.1 Å². The van der Waals surface area contributed by atoms with E-state index in [0.717, 1.165) is 5.56 Å². The molecule has 0 fully saturated rings. The lowest BCUT2D eigenvalue weighted by Gasteiger charge is -2.22. The zero-order chi connectivity index (χ0) is 16.3. The first kappa shape index (κ1) is 17.2. The van der Waals surface area contributed by atoms with E-state index in [1.165, 1.54) is 19.9 Å². The lowest BCUT2D eigenvalue weighted by atomic mass is 10.1. The summed E-state index contributed by atoms with van der Waals surface area (Å²) < 4.78 is 27.0. The van der Waals surface area contributed by atoms with Gasteiger partial charge in [0, 0.05) is 5.56 Å². The monoisotopic (exact) mass is 310 g/mol. The number of nitrogens with one attached hydrogen (secondary N) is 1. The summed E-state index contributed by atoms with van der Waals surface area (Å²) in [5, 5.41) is 8.75. The summed E-state index contributed by atoms with van der Waals surface area (Å²) in [6.07, 6.45) is 0. The van der Waals surface area contributed by atoms with Crippen molar-refractivity contribution in [1.29, 1.82) is 0 Å². The molecule has 0 saturated heterocycles. The van der Waals surface area contributed by atoms with Gasteiger partial charge in [0.05, 0.1) is 4.90 Å². The third kappa shape index (κ3) is 4.29. The quantitative estimate of drug-likeness (QED) is 0.674. The van der Waals surface area contributed by atoms with Crippen LogP contribution in [-0.2, 0) is 14.8 Å². The second kappa shape index (κ2) is 6.26. The molecule has 6 nitrogen and oxygen atoms in total. The first-order valence-corrected chi connectivity index (χ1v) is 7.63. The van der Waals surface area contributed by atoms with Crippen molar-refractivity contribution in [2.45, 2.75) is 31.2 Å². The van der Waals surface area contributed by atoms with Gasteiger partial charge in [0.2, 0.25) is 15.9 Å². The summed E-state index contributed by atoms with van der Waals surface area (Å²) in [6.45, 7) is 4.16. The fraction of sp³-hybridized carbons (Fsp3) is 0.357. The van der Waals surface area contributed by atoms with Crippen molar-refractivity contribution in [2.75, 3.05) is 6.61 Å². The van der Waals surface area contributed by atoms with Crippen molar-refractivity contribution in [2.24, 2.45) is 5.73 Å². The maximum atomic E-state index is 12.4. The lowest BCUT2D eigenvalue weighted by molar-refractivity contribution is -0.122. The molecule has 0 radical (unpaired) electrons. The van der Waals surface area contributed by atoms with Gasteiger partial charge in [-0.2, -0.15) is 4.72 Å². The molecule has 1 rings (SSSR count). The van der Waals surface area contributed by atoms with E-state index in [2.05, 4.69) is 16.6 Å². The van der Waals surface area contributed by atoms with Crippen LogP contribution in [0.1, 0.15) is 25.0 Å². The van der Waals surface area contributed by atoms with Gasteiger partial charge in [0.25, 0.3) is 0 Å². The van der Waals surface area contributed by atoms with E-state index in [-0.39, 0.29) is 17.1 Å². The maximum Gasteiger partial charge on any atom is 0.242 e. The van der Waals surface area contributed by atoms with Crippen molar-refractivity contribution in [1.82, 2.24) is 4.72 Å². The molecule has 4 N–H and O–H groups in total. The molecule has 0 aromatic heterocycles. The normalized spacial score (nSPS) is 11.6. The van der Waals surface area contributed by atoms with E-state index in [0.29, 0.717) is 0 Å². The number of amides is 1. The Balaban J connectivity index is 3.35. The first-order valence-electron chi connectivity index (χ1n) is 6.14. The van der Waals surface area contributed by atoms with Gasteiger partial charge in [0.15, 0.2) is 0 Å². The Morgan fingerprint density at radius 2 is 2.05 bits per heavy atom. The fourth-order valence-corrected chi connectivity index (χ4v) is 3.08. The Bertz CT molecular complexity index is 712. The minimum absolute atomic E-state index is 0.0663. The predicted octanol–water partition coefficient (Wildman–Crippen LogP) is -0.119. The number of benzene rings is 1. The minimum Gasteiger partial charge on any atom is -0.384 e. The summed E-state index contributed by atoms with van der Waals surface area (Å²) in [6, 6.07) is 4.61. The summed E-state index contributed by atoms with van der Waals surface area (Å²) in [5.74, 6) is 4.21. The summed E-state index contributed by atoms with van der Waals surface area (Å²) >= 11 is 0. The molecule has 1 aromatic rings. The number of hydrogen-bond donors (Lipinski definition) is 3. The molecule has 114 valence electrons. The van der Waals surface area contributed by atoms with Crippen molar-refractivity contribution >= 4 is 15.9 Å². The largest absolute Gasteiger partial charge is 0.384 e. The van der Waals surface area contributed by atoms with Gasteiger partial charge in [-0.15, -0.1) is 0 Å².